The van der Waals surface area contributed by atoms with Crippen molar-refractivity contribution in [2.45, 2.75) is 25.4 Å². The zero-order valence-corrected chi connectivity index (χ0v) is 7.29. The van der Waals surface area contributed by atoms with Gasteiger partial charge < -0.3 is 10.1 Å². The van der Waals surface area contributed by atoms with E-state index in [1.54, 1.807) is 0 Å². The molecule has 0 bridgehead atoms. The molecule has 1 N–H and O–H groups in total. The quantitative estimate of drug-likeness (QED) is 0.629. The van der Waals surface area contributed by atoms with E-state index < -0.39 is 0 Å². The minimum absolute atomic E-state index is 0.318. The van der Waals surface area contributed by atoms with E-state index in [1.807, 2.05) is 12.1 Å². The molecule has 1 heterocycles. The van der Waals surface area contributed by atoms with Crippen molar-refractivity contribution in [2.24, 2.45) is 0 Å². The van der Waals surface area contributed by atoms with Crippen LogP contribution in [0.2, 0.25) is 0 Å². The lowest BCUT2D eigenvalue weighted by Crippen LogP contribution is -2.49. The van der Waals surface area contributed by atoms with Gasteiger partial charge in [0.2, 0.25) is 0 Å². The summed E-state index contributed by atoms with van der Waals surface area (Å²) < 4.78 is 5.03. The predicted molar refractivity (Wildman–Crippen MR) is 46.6 cm³/mol. The number of nitrogens with zero attached hydrogens (tertiary/aromatic N) is 1. The molecular formula is C9H14N2O. The van der Waals surface area contributed by atoms with Crippen LogP contribution in [0.3, 0.4) is 0 Å². The van der Waals surface area contributed by atoms with Crippen LogP contribution in [0.15, 0.2) is 12.2 Å². The molecule has 0 aliphatic carbocycles. The van der Waals surface area contributed by atoms with Gasteiger partial charge in [-0.05, 0) is 6.42 Å². The van der Waals surface area contributed by atoms with Crippen LogP contribution >= 0.6 is 0 Å². The Kier molecular flexibility index (Phi) is 3.78. The number of hydrogen-bond acceptors (Lipinski definition) is 3. The minimum Gasteiger partial charge on any atom is -0.378 e. The van der Waals surface area contributed by atoms with E-state index in [1.165, 1.54) is 6.08 Å². The Balaban J connectivity index is 2.24. The SMILES string of the molecule is CCC(C=CC#N)NC1COC1. The first-order valence-corrected chi connectivity index (χ1v) is 4.27. The maximum atomic E-state index is 8.33. The fourth-order valence-corrected chi connectivity index (χ4v) is 1.10. The highest BCUT2D eigenvalue weighted by Gasteiger charge is 2.19. The van der Waals surface area contributed by atoms with Gasteiger partial charge in [-0.2, -0.15) is 5.26 Å². The molecule has 0 aromatic carbocycles. The summed E-state index contributed by atoms with van der Waals surface area (Å²) >= 11 is 0. The Hall–Kier alpha value is -0.850. The van der Waals surface area contributed by atoms with E-state index in [-0.39, 0.29) is 0 Å². The van der Waals surface area contributed by atoms with Crippen molar-refractivity contribution in [2.75, 3.05) is 13.2 Å². The van der Waals surface area contributed by atoms with Gasteiger partial charge in [-0.15, -0.1) is 0 Å². The second kappa shape index (κ2) is 4.91. The lowest BCUT2D eigenvalue weighted by atomic mass is 10.1. The van der Waals surface area contributed by atoms with Crippen LogP contribution in [-0.2, 0) is 4.74 Å². The molecule has 1 fully saturated rings. The molecule has 0 saturated carbocycles. The van der Waals surface area contributed by atoms with Crippen LogP contribution in [0.4, 0.5) is 0 Å². The van der Waals surface area contributed by atoms with Crippen molar-refractivity contribution in [1.29, 1.82) is 5.26 Å². The molecule has 1 rings (SSSR count). The number of hydrogen-bond donors (Lipinski definition) is 1. The first-order chi connectivity index (χ1) is 5.86. The molecule has 0 aromatic rings. The molecule has 1 unspecified atom stereocenters. The van der Waals surface area contributed by atoms with Crippen LogP contribution in [-0.4, -0.2) is 25.3 Å². The molecule has 1 atom stereocenters. The van der Waals surface area contributed by atoms with Crippen molar-refractivity contribution in [3.63, 3.8) is 0 Å². The standard InChI is InChI=1S/C9H14N2O/c1-2-8(4-3-5-10)11-9-6-12-7-9/h3-4,8-9,11H,2,6-7H2,1H3. The van der Waals surface area contributed by atoms with Crippen LogP contribution < -0.4 is 5.32 Å². The minimum atomic E-state index is 0.318. The normalized spacial score (nSPS) is 20.3. The van der Waals surface area contributed by atoms with E-state index in [4.69, 9.17) is 10.00 Å². The average molecular weight is 166 g/mol. The third-order valence-electron chi connectivity index (χ3n) is 1.93. The Bertz CT molecular complexity index is 191. The summed E-state index contributed by atoms with van der Waals surface area (Å²) in [5, 5.41) is 11.7. The molecule has 0 amide bonds. The van der Waals surface area contributed by atoms with E-state index in [0.29, 0.717) is 12.1 Å². The summed E-state index contributed by atoms with van der Waals surface area (Å²) in [5.74, 6) is 0. The number of nitrogens with one attached hydrogen (secondary N) is 1. The van der Waals surface area contributed by atoms with Crippen molar-refractivity contribution in [1.82, 2.24) is 5.32 Å². The topological polar surface area (TPSA) is 45.0 Å². The summed E-state index contributed by atoms with van der Waals surface area (Å²) in [6.07, 6.45) is 4.44. The lowest BCUT2D eigenvalue weighted by molar-refractivity contribution is -0.00795. The van der Waals surface area contributed by atoms with Crippen molar-refractivity contribution >= 4 is 0 Å². The highest BCUT2D eigenvalue weighted by molar-refractivity contribution is 5.06. The molecule has 1 saturated heterocycles. The van der Waals surface area contributed by atoms with Crippen LogP contribution in [0, 0.1) is 11.3 Å². The second-order valence-electron chi connectivity index (χ2n) is 2.90. The molecule has 3 nitrogen and oxygen atoms in total. The first-order valence-electron chi connectivity index (χ1n) is 4.27. The number of rotatable bonds is 4. The lowest BCUT2D eigenvalue weighted by Gasteiger charge is -2.29. The Labute approximate surface area is 73.0 Å². The third-order valence-corrected chi connectivity index (χ3v) is 1.93. The highest BCUT2D eigenvalue weighted by atomic mass is 16.5. The second-order valence-corrected chi connectivity index (χ2v) is 2.90. The molecule has 0 spiro atoms. The van der Waals surface area contributed by atoms with E-state index in [9.17, 15) is 0 Å². The van der Waals surface area contributed by atoms with E-state index in [0.717, 1.165) is 19.6 Å². The maximum absolute atomic E-state index is 8.33. The van der Waals surface area contributed by atoms with Crippen molar-refractivity contribution in [3.8, 4) is 6.07 Å². The molecular weight excluding hydrogens is 152 g/mol. The van der Waals surface area contributed by atoms with Gasteiger partial charge in [-0.1, -0.05) is 13.0 Å². The fourth-order valence-electron chi connectivity index (χ4n) is 1.10. The third kappa shape index (κ3) is 2.65. The summed E-state index contributed by atoms with van der Waals surface area (Å²) in [4.78, 5) is 0. The van der Waals surface area contributed by atoms with Crippen LogP contribution in [0.25, 0.3) is 0 Å². The predicted octanol–water partition coefficient (Wildman–Crippen LogP) is 0.833. The van der Waals surface area contributed by atoms with E-state index in [2.05, 4.69) is 12.2 Å². The summed E-state index contributed by atoms with van der Waals surface area (Å²) in [5.41, 5.74) is 0. The van der Waals surface area contributed by atoms with Gasteiger partial charge in [0.05, 0.1) is 25.3 Å². The van der Waals surface area contributed by atoms with Gasteiger partial charge in [0, 0.05) is 12.1 Å². The zero-order chi connectivity index (χ0) is 8.81. The van der Waals surface area contributed by atoms with Gasteiger partial charge in [0.25, 0.3) is 0 Å². The molecule has 3 heteroatoms. The molecule has 0 aromatic heterocycles. The molecule has 1 aliphatic rings. The molecule has 1 aliphatic heterocycles. The van der Waals surface area contributed by atoms with Gasteiger partial charge in [-0.3, -0.25) is 0 Å². The average Bonchev–Trinajstić information content (AvgIpc) is 2.02. The van der Waals surface area contributed by atoms with Gasteiger partial charge in [-0.25, -0.2) is 0 Å². The maximum Gasteiger partial charge on any atom is 0.0909 e. The van der Waals surface area contributed by atoms with Gasteiger partial charge in [0.15, 0.2) is 0 Å². The van der Waals surface area contributed by atoms with Crippen molar-refractivity contribution < 1.29 is 4.74 Å². The highest BCUT2D eigenvalue weighted by Crippen LogP contribution is 2.03. The van der Waals surface area contributed by atoms with Crippen LogP contribution in [0.1, 0.15) is 13.3 Å². The van der Waals surface area contributed by atoms with Gasteiger partial charge in [0.1, 0.15) is 0 Å². The Morgan fingerprint density at radius 2 is 2.50 bits per heavy atom. The van der Waals surface area contributed by atoms with E-state index >= 15 is 0 Å². The zero-order valence-electron chi connectivity index (χ0n) is 7.29. The summed E-state index contributed by atoms with van der Waals surface area (Å²) in [6.45, 7) is 3.70. The Morgan fingerprint density at radius 3 is 2.92 bits per heavy atom. The molecule has 12 heavy (non-hydrogen) atoms. The van der Waals surface area contributed by atoms with Crippen LogP contribution in [0.5, 0.6) is 0 Å². The first kappa shape index (κ1) is 9.24. The Morgan fingerprint density at radius 1 is 1.75 bits per heavy atom. The number of allylic oxidation sites excluding steroid dienone is 1. The smallest absolute Gasteiger partial charge is 0.0909 e. The number of ether oxygens (including phenoxy) is 1. The summed E-state index contributed by atoms with van der Waals surface area (Å²) in [7, 11) is 0. The number of nitriles is 1. The van der Waals surface area contributed by atoms with Crippen molar-refractivity contribution in [3.05, 3.63) is 12.2 Å². The summed E-state index contributed by atoms with van der Waals surface area (Å²) in [6, 6.07) is 2.79. The monoisotopic (exact) mass is 166 g/mol. The molecule has 66 valence electrons. The fraction of sp³-hybridized carbons (Fsp3) is 0.667. The largest absolute Gasteiger partial charge is 0.378 e. The van der Waals surface area contributed by atoms with Gasteiger partial charge >= 0.3 is 0 Å². The molecule has 0 radical (unpaired) electrons.